The smallest absolute Gasteiger partial charge is 0.0390 e. The predicted octanol–water partition coefficient (Wildman–Crippen LogP) is 2.62. The average Bonchev–Trinajstić information content (AvgIpc) is 2.53. The van der Waals surface area contributed by atoms with Crippen molar-refractivity contribution in [2.45, 2.75) is 32.4 Å². The molecule has 1 aromatic carbocycles. The minimum Gasteiger partial charge on any atom is -0.367 e. The van der Waals surface area contributed by atoms with Crippen LogP contribution in [0.1, 0.15) is 18.9 Å². The van der Waals surface area contributed by atoms with Crippen molar-refractivity contribution in [1.82, 2.24) is 4.90 Å². The summed E-state index contributed by atoms with van der Waals surface area (Å²) in [6.07, 6.45) is 1.18. The third-order valence-corrected chi connectivity index (χ3v) is 5.10. The summed E-state index contributed by atoms with van der Waals surface area (Å²) in [5.41, 5.74) is 8.52. The maximum atomic E-state index is 5.93. The quantitative estimate of drug-likeness (QED) is 0.907. The molecule has 1 aliphatic heterocycles. The Morgan fingerprint density at radius 2 is 2.16 bits per heavy atom. The summed E-state index contributed by atoms with van der Waals surface area (Å²) in [5.74, 6) is 0. The summed E-state index contributed by atoms with van der Waals surface area (Å²) >= 11 is 3.57. The molecule has 0 aliphatic carbocycles. The Morgan fingerprint density at radius 3 is 2.79 bits per heavy atom. The van der Waals surface area contributed by atoms with Crippen LogP contribution in [0.4, 0.5) is 5.69 Å². The van der Waals surface area contributed by atoms with Crippen molar-refractivity contribution in [2.75, 3.05) is 31.6 Å². The average molecular weight is 326 g/mol. The van der Waals surface area contributed by atoms with Crippen LogP contribution in [-0.2, 0) is 0 Å². The second-order valence-corrected chi connectivity index (χ2v) is 6.45. The molecule has 19 heavy (non-hydrogen) atoms. The van der Waals surface area contributed by atoms with Gasteiger partial charge in [0.1, 0.15) is 0 Å². The van der Waals surface area contributed by atoms with Crippen molar-refractivity contribution in [1.29, 1.82) is 0 Å². The Balaban J connectivity index is 2.27. The molecule has 1 aromatic rings. The fraction of sp³-hybridized carbons (Fsp3) is 0.600. The van der Waals surface area contributed by atoms with E-state index >= 15 is 0 Å². The number of nitrogens with zero attached hydrogens (tertiary/aromatic N) is 2. The van der Waals surface area contributed by atoms with E-state index < -0.39 is 0 Å². The normalized spacial score (nSPS) is 25.4. The lowest BCUT2D eigenvalue weighted by molar-refractivity contribution is 0.265. The van der Waals surface area contributed by atoms with Crippen LogP contribution in [0.2, 0.25) is 0 Å². The van der Waals surface area contributed by atoms with Crippen LogP contribution in [0.25, 0.3) is 0 Å². The highest BCUT2D eigenvalue weighted by atomic mass is 79.9. The number of hydrogen-bond donors (Lipinski definition) is 1. The standard InChI is InChI=1S/C15H24BrN3/c1-11-8-13(4-5-15(11)16)19-10-14(9-17)18(3)7-6-12(19)2/h4-5,8,12,14H,6-7,9-10,17H2,1-3H3. The predicted molar refractivity (Wildman–Crippen MR) is 85.8 cm³/mol. The number of likely N-dealkylation sites (N-methyl/N-ethyl adjacent to an activating group) is 1. The first-order valence-electron chi connectivity index (χ1n) is 6.96. The number of anilines is 1. The summed E-state index contributed by atoms with van der Waals surface area (Å²) in [5, 5.41) is 0. The molecule has 2 atom stereocenters. The van der Waals surface area contributed by atoms with Crippen LogP contribution in [-0.4, -0.2) is 43.7 Å². The molecule has 1 heterocycles. The third-order valence-electron chi connectivity index (χ3n) is 4.21. The first-order chi connectivity index (χ1) is 9.02. The van der Waals surface area contributed by atoms with Gasteiger partial charge in [0, 0.05) is 41.9 Å². The zero-order chi connectivity index (χ0) is 14.0. The van der Waals surface area contributed by atoms with Gasteiger partial charge in [-0.15, -0.1) is 0 Å². The molecule has 1 aliphatic rings. The number of hydrogen-bond acceptors (Lipinski definition) is 3. The van der Waals surface area contributed by atoms with Gasteiger partial charge in [-0.05, 0) is 51.1 Å². The van der Waals surface area contributed by atoms with Gasteiger partial charge in [-0.25, -0.2) is 0 Å². The second-order valence-electron chi connectivity index (χ2n) is 5.59. The van der Waals surface area contributed by atoms with Crippen LogP contribution in [0.15, 0.2) is 22.7 Å². The molecule has 0 bridgehead atoms. The molecule has 0 saturated carbocycles. The van der Waals surface area contributed by atoms with Crippen LogP contribution in [0, 0.1) is 6.92 Å². The molecule has 0 amide bonds. The van der Waals surface area contributed by atoms with E-state index in [2.05, 4.69) is 64.8 Å². The Morgan fingerprint density at radius 1 is 1.42 bits per heavy atom. The summed E-state index contributed by atoms with van der Waals surface area (Å²) in [7, 11) is 2.18. The molecule has 2 N–H and O–H groups in total. The Labute approximate surface area is 124 Å². The molecule has 0 spiro atoms. The highest BCUT2D eigenvalue weighted by Crippen LogP contribution is 2.27. The minimum atomic E-state index is 0.439. The largest absolute Gasteiger partial charge is 0.367 e. The van der Waals surface area contributed by atoms with Gasteiger partial charge in [-0.2, -0.15) is 0 Å². The number of rotatable bonds is 2. The SMILES string of the molecule is Cc1cc(N2CC(CN)N(C)CCC2C)ccc1Br. The van der Waals surface area contributed by atoms with Gasteiger partial charge in [0.05, 0.1) is 0 Å². The van der Waals surface area contributed by atoms with Gasteiger partial charge in [0.2, 0.25) is 0 Å². The molecule has 2 rings (SSSR count). The summed E-state index contributed by atoms with van der Waals surface area (Å²) in [4.78, 5) is 4.89. The molecule has 1 fully saturated rings. The highest BCUT2D eigenvalue weighted by molar-refractivity contribution is 9.10. The van der Waals surface area contributed by atoms with Crippen molar-refractivity contribution < 1.29 is 0 Å². The number of aryl methyl sites for hydroxylation is 1. The minimum absolute atomic E-state index is 0.439. The Bertz CT molecular complexity index is 435. The van der Waals surface area contributed by atoms with Gasteiger partial charge >= 0.3 is 0 Å². The van der Waals surface area contributed by atoms with Crippen LogP contribution in [0.5, 0.6) is 0 Å². The number of nitrogens with two attached hydrogens (primary N) is 1. The van der Waals surface area contributed by atoms with Gasteiger partial charge in [0.15, 0.2) is 0 Å². The Hall–Kier alpha value is -0.580. The molecule has 0 aromatic heterocycles. The van der Waals surface area contributed by atoms with E-state index in [0.717, 1.165) is 19.6 Å². The topological polar surface area (TPSA) is 32.5 Å². The van der Waals surface area contributed by atoms with Gasteiger partial charge in [0.25, 0.3) is 0 Å². The van der Waals surface area contributed by atoms with Crippen LogP contribution in [0.3, 0.4) is 0 Å². The van der Waals surface area contributed by atoms with E-state index in [1.807, 2.05) is 0 Å². The lowest BCUT2D eigenvalue weighted by Crippen LogP contribution is -2.45. The fourth-order valence-electron chi connectivity index (χ4n) is 2.70. The van der Waals surface area contributed by atoms with Crippen molar-refractivity contribution >= 4 is 21.6 Å². The fourth-order valence-corrected chi connectivity index (χ4v) is 2.94. The lowest BCUT2D eigenvalue weighted by atomic mass is 10.1. The van der Waals surface area contributed by atoms with E-state index in [1.54, 1.807) is 0 Å². The van der Waals surface area contributed by atoms with E-state index in [-0.39, 0.29) is 0 Å². The van der Waals surface area contributed by atoms with Gasteiger partial charge < -0.3 is 15.5 Å². The maximum absolute atomic E-state index is 5.93. The number of benzene rings is 1. The van der Waals surface area contributed by atoms with E-state index in [0.29, 0.717) is 12.1 Å². The van der Waals surface area contributed by atoms with Crippen molar-refractivity contribution in [2.24, 2.45) is 5.73 Å². The number of halogens is 1. The van der Waals surface area contributed by atoms with Gasteiger partial charge in [-0.3, -0.25) is 0 Å². The molecule has 106 valence electrons. The molecular formula is C15H24BrN3. The molecule has 0 radical (unpaired) electrons. The van der Waals surface area contributed by atoms with Crippen molar-refractivity contribution in [3.8, 4) is 0 Å². The molecule has 2 unspecified atom stereocenters. The summed E-state index contributed by atoms with van der Waals surface area (Å²) < 4.78 is 1.17. The molecule has 3 nitrogen and oxygen atoms in total. The molecule has 1 saturated heterocycles. The highest BCUT2D eigenvalue weighted by Gasteiger charge is 2.25. The first-order valence-corrected chi connectivity index (χ1v) is 7.75. The monoisotopic (exact) mass is 325 g/mol. The summed E-state index contributed by atoms with van der Waals surface area (Å²) in [6, 6.07) is 7.60. The summed E-state index contributed by atoms with van der Waals surface area (Å²) in [6.45, 7) is 7.30. The lowest BCUT2D eigenvalue weighted by Gasteiger charge is -2.32. The second kappa shape index (κ2) is 6.25. The molecular weight excluding hydrogens is 302 g/mol. The van der Waals surface area contributed by atoms with Gasteiger partial charge in [-0.1, -0.05) is 15.9 Å². The first kappa shape index (κ1) is 14.8. The molecule has 4 heteroatoms. The van der Waals surface area contributed by atoms with Crippen LogP contribution >= 0.6 is 15.9 Å². The maximum Gasteiger partial charge on any atom is 0.0390 e. The van der Waals surface area contributed by atoms with Crippen LogP contribution < -0.4 is 10.6 Å². The zero-order valence-corrected chi connectivity index (χ0v) is 13.7. The third kappa shape index (κ3) is 3.30. The van der Waals surface area contributed by atoms with Crippen molar-refractivity contribution in [3.63, 3.8) is 0 Å². The Kier molecular flexibility index (Phi) is 4.87. The van der Waals surface area contributed by atoms with E-state index in [1.165, 1.54) is 22.1 Å². The van der Waals surface area contributed by atoms with E-state index in [9.17, 15) is 0 Å². The van der Waals surface area contributed by atoms with E-state index in [4.69, 9.17) is 5.73 Å². The zero-order valence-electron chi connectivity index (χ0n) is 12.1. The van der Waals surface area contributed by atoms with Crippen molar-refractivity contribution in [3.05, 3.63) is 28.2 Å².